The van der Waals surface area contributed by atoms with Gasteiger partial charge in [-0.15, -0.1) is 0 Å². The summed E-state index contributed by atoms with van der Waals surface area (Å²) in [5, 5.41) is 15.8. The molecule has 0 N–H and O–H groups in total. The maximum atomic E-state index is 7.92. The van der Waals surface area contributed by atoms with Gasteiger partial charge in [0.1, 0.15) is 0 Å². The minimum absolute atomic E-state index is 1.51. The molecule has 0 aliphatic rings. The van der Waals surface area contributed by atoms with Crippen LogP contribution < -0.4 is 0 Å². The molecule has 0 aromatic carbocycles. The van der Waals surface area contributed by atoms with Crippen molar-refractivity contribution in [2.45, 2.75) is 0 Å². The molecule has 0 saturated carbocycles. The quantitative estimate of drug-likeness (QED) is 0.590. The van der Waals surface area contributed by atoms with Crippen molar-refractivity contribution in [1.29, 1.82) is 10.5 Å². The molecule has 0 amide bonds. The third-order valence-electron chi connectivity index (χ3n) is 0.178. The average Bonchev–Trinajstić information content (AvgIpc) is 1.68. The molecule has 7 heavy (non-hydrogen) atoms. The van der Waals surface area contributed by atoms with E-state index in [1.165, 1.54) is 9.08 Å². The van der Waals surface area contributed by atoms with Gasteiger partial charge < -0.3 is 0 Å². The van der Waals surface area contributed by atoms with Gasteiger partial charge in [-0.2, -0.15) is 0 Å². The fourth-order valence-corrected chi connectivity index (χ4v) is 0.0935. The second-order valence-electron chi connectivity index (χ2n) is 0.505. The van der Waals surface area contributed by atoms with Crippen molar-refractivity contribution in [3.05, 3.63) is 0 Å². The van der Waals surface area contributed by atoms with E-state index in [2.05, 4.69) is 0 Å². The van der Waals surface area contributed by atoms with Crippen LogP contribution in [0.4, 0.5) is 0 Å². The molecule has 0 spiro atoms. The molecule has 0 radical (unpaired) electrons. The Morgan fingerprint density at radius 3 is 1.43 bits per heavy atom. The van der Waals surface area contributed by atoms with Gasteiger partial charge >= 0.3 is 52.2 Å². The summed E-state index contributed by atoms with van der Waals surface area (Å²) in [5.74, 6) is 0. The summed E-state index contributed by atoms with van der Waals surface area (Å²) in [6.07, 6.45) is 0. The predicted octanol–water partition coefficient (Wildman–Crippen LogP) is 1.41. The van der Waals surface area contributed by atoms with E-state index in [0.717, 1.165) is 0 Å². The van der Waals surface area contributed by atoms with Crippen molar-refractivity contribution in [3.8, 4) is 9.08 Å². The van der Waals surface area contributed by atoms with Crippen LogP contribution in [0.5, 0.6) is 0 Å². The van der Waals surface area contributed by atoms with Crippen molar-refractivity contribution in [3.63, 3.8) is 0 Å². The molecular formula is C2Cl2N2Pd. The number of nitrogens with zero attached hydrogens (tertiary/aromatic N) is 2. The Morgan fingerprint density at radius 1 is 1.14 bits per heavy atom. The summed E-state index contributed by atoms with van der Waals surface area (Å²) in [6.45, 7) is 0. The normalized spacial score (nSPS) is 11.4. The standard InChI is InChI=1S/2CN.2ClH.Pd/c2*1-2;;;/h;;2*1H;/q;;;;+2/p-2. The molecule has 0 atom stereocenters. The minimum atomic E-state index is -3.19. The third-order valence-corrected chi connectivity index (χ3v) is 2.32. The van der Waals surface area contributed by atoms with Crippen molar-refractivity contribution in [1.82, 2.24) is 0 Å². The van der Waals surface area contributed by atoms with Crippen LogP contribution in [0.25, 0.3) is 0 Å². The van der Waals surface area contributed by atoms with E-state index in [0.29, 0.717) is 0 Å². The Morgan fingerprint density at radius 2 is 1.43 bits per heavy atom. The van der Waals surface area contributed by atoms with Crippen LogP contribution in [0.1, 0.15) is 0 Å². The number of halogens is 2. The number of nitriles is 2. The van der Waals surface area contributed by atoms with Crippen LogP contribution in [-0.2, 0) is 13.5 Å². The van der Waals surface area contributed by atoms with E-state index >= 15 is 0 Å². The number of hydrogen-bond acceptors (Lipinski definition) is 2. The van der Waals surface area contributed by atoms with E-state index in [-0.39, 0.29) is 0 Å². The summed E-state index contributed by atoms with van der Waals surface area (Å²) >= 11 is -3.19. The Balaban J connectivity index is 4.00. The monoisotopic (exact) mass is 228 g/mol. The van der Waals surface area contributed by atoms with Gasteiger partial charge in [-0.1, -0.05) is 0 Å². The summed E-state index contributed by atoms with van der Waals surface area (Å²) in [6, 6.07) is 0. The van der Waals surface area contributed by atoms with E-state index < -0.39 is 13.5 Å². The summed E-state index contributed by atoms with van der Waals surface area (Å²) in [7, 11) is 10.2. The Hall–Kier alpha value is 0.222. The molecule has 42 valence electrons. The number of rotatable bonds is 0. The molecule has 0 fully saturated rings. The Bertz CT molecular complexity index is 125. The molecule has 0 aliphatic heterocycles. The van der Waals surface area contributed by atoms with Gasteiger partial charge in [0, 0.05) is 0 Å². The third kappa shape index (κ3) is 2.87. The SMILES string of the molecule is N#[C][Pd]([Cl])([Cl])[C]#N. The van der Waals surface area contributed by atoms with E-state index in [4.69, 9.17) is 29.6 Å². The molecule has 0 unspecified atom stereocenters. The molecule has 2 nitrogen and oxygen atoms in total. The molecule has 0 aromatic heterocycles. The first-order chi connectivity index (χ1) is 3.12. The van der Waals surface area contributed by atoms with Crippen LogP contribution >= 0.6 is 19.1 Å². The first-order valence-electron chi connectivity index (χ1n) is 1.00. The van der Waals surface area contributed by atoms with E-state index in [9.17, 15) is 0 Å². The molecule has 0 aromatic rings. The fourth-order valence-electron chi connectivity index (χ4n) is 0.0158. The number of hydrogen-bond donors (Lipinski definition) is 0. The van der Waals surface area contributed by atoms with Gasteiger partial charge in [0.2, 0.25) is 0 Å². The van der Waals surface area contributed by atoms with Gasteiger partial charge in [-0.05, 0) is 0 Å². The first kappa shape index (κ1) is 7.22. The molecular weight excluding hydrogens is 229 g/mol. The summed E-state index contributed by atoms with van der Waals surface area (Å²) in [4.78, 5) is 0. The van der Waals surface area contributed by atoms with Crippen LogP contribution in [-0.4, -0.2) is 0 Å². The van der Waals surface area contributed by atoms with E-state index in [1.54, 1.807) is 0 Å². The second-order valence-corrected chi connectivity index (χ2v) is 7.95. The summed E-state index contributed by atoms with van der Waals surface area (Å²) in [5.41, 5.74) is 0. The fraction of sp³-hybridized carbons (Fsp3) is 0. The molecule has 0 rings (SSSR count). The van der Waals surface area contributed by atoms with Gasteiger partial charge in [0.05, 0.1) is 0 Å². The van der Waals surface area contributed by atoms with Crippen molar-refractivity contribution in [2.75, 3.05) is 0 Å². The van der Waals surface area contributed by atoms with Crippen LogP contribution in [0.15, 0.2) is 0 Å². The van der Waals surface area contributed by atoms with Crippen LogP contribution in [0.3, 0.4) is 0 Å². The maximum absolute atomic E-state index is 7.92. The Labute approximate surface area is 52.2 Å². The van der Waals surface area contributed by atoms with Crippen molar-refractivity contribution in [2.24, 2.45) is 0 Å². The van der Waals surface area contributed by atoms with Crippen LogP contribution in [0.2, 0.25) is 0 Å². The average molecular weight is 229 g/mol. The van der Waals surface area contributed by atoms with Gasteiger partial charge in [-0.25, -0.2) is 0 Å². The molecule has 0 saturated heterocycles. The molecule has 0 heterocycles. The molecule has 5 heteroatoms. The van der Waals surface area contributed by atoms with Gasteiger partial charge in [0.15, 0.2) is 0 Å². The zero-order chi connectivity index (χ0) is 5.91. The zero-order valence-electron chi connectivity index (χ0n) is 2.97. The van der Waals surface area contributed by atoms with Crippen molar-refractivity contribution >= 4 is 19.1 Å². The predicted molar refractivity (Wildman–Crippen MR) is 22.9 cm³/mol. The molecule has 0 aliphatic carbocycles. The summed E-state index contributed by atoms with van der Waals surface area (Å²) < 4.78 is 3.02. The van der Waals surface area contributed by atoms with Gasteiger partial charge in [-0.3, -0.25) is 0 Å². The Kier molecular flexibility index (Phi) is 2.59. The first-order valence-corrected chi connectivity index (χ1v) is 6.56. The molecule has 0 bridgehead atoms. The topological polar surface area (TPSA) is 47.6 Å². The van der Waals surface area contributed by atoms with E-state index in [1.807, 2.05) is 0 Å². The second kappa shape index (κ2) is 2.51. The van der Waals surface area contributed by atoms with Crippen molar-refractivity contribution < 1.29 is 13.5 Å². The van der Waals surface area contributed by atoms with Gasteiger partial charge in [0.25, 0.3) is 0 Å². The van der Waals surface area contributed by atoms with Crippen LogP contribution in [0, 0.1) is 19.6 Å². The zero-order valence-corrected chi connectivity index (χ0v) is 6.03.